The molecular weight excluding hydrogens is 382 g/mol. The summed E-state index contributed by atoms with van der Waals surface area (Å²) in [7, 11) is 0. The Labute approximate surface area is 168 Å². The third-order valence-electron chi connectivity index (χ3n) is 6.63. The average Bonchev–Trinajstić information content (AvgIpc) is 3.21. The van der Waals surface area contributed by atoms with Crippen LogP contribution in [0.2, 0.25) is 5.02 Å². The maximum Gasteiger partial charge on any atom is 0.291 e. The Balaban J connectivity index is 1.94. The summed E-state index contributed by atoms with van der Waals surface area (Å²) in [6, 6.07) is 2.75. The number of aryl methyl sites for hydroxylation is 1. The van der Waals surface area contributed by atoms with Crippen LogP contribution in [0.5, 0.6) is 0 Å². The molecule has 28 heavy (non-hydrogen) atoms. The zero-order valence-electron chi connectivity index (χ0n) is 16.3. The number of likely N-dealkylation sites (tertiary alicyclic amines) is 1. The van der Waals surface area contributed by atoms with Gasteiger partial charge in [-0.3, -0.25) is 19.3 Å². The molecule has 150 valence electrons. The highest BCUT2D eigenvalue weighted by atomic mass is 35.5. The number of aliphatic hydroxyl groups is 1. The topological polar surface area (TPSA) is 103 Å². The molecule has 1 aromatic carbocycles. The highest BCUT2D eigenvalue weighted by Gasteiger charge is 2.75. The molecule has 3 amide bonds. The van der Waals surface area contributed by atoms with Crippen molar-refractivity contribution >= 4 is 35.0 Å². The van der Waals surface area contributed by atoms with E-state index in [1.807, 2.05) is 26.8 Å². The minimum Gasteiger partial charge on any atom is -0.387 e. The SMILES string of the molecule is CC[C@@H](C)N1C(=O)[C@@H]2[C@@H]([C@@H](C)O)[NH2+][C@]3(C(=O)Nc4c(Cl)cc(C)cc43)[C@@H]2C1=O. The molecule has 2 saturated heterocycles. The molecule has 0 saturated carbocycles. The number of carbonyl (C=O) groups is 3. The van der Waals surface area contributed by atoms with Gasteiger partial charge >= 0.3 is 0 Å². The minimum absolute atomic E-state index is 0.262. The Morgan fingerprint density at radius 1 is 1.29 bits per heavy atom. The molecule has 0 unspecified atom stereocenters. The van der Waals surface area contributed by atoms with Crippen LogP contribution >= 0.6 is 11.6 Å². The van der Waals surface area contributed by atoms with Crippen LogP contribution in [0.4, 0.5) is 5.69 Å². The number of hydrogen-bond acceptors (Lipinski definition) is 4. The van der Waals surface area contributed by atoms with Gasteiger partial charge in [0, 0.05) is 11.6 Å². The summed E-state index contributed by atoms with van der Waals surface area (Å²) in [6.07, 6.45) is -0.238. The van der Waals surface area contributed by atoms with E-state index in [9.17, 15) is 19.5 Å². The van der Waals surface area contributed by atoms with Crippen LogP contribution in [0.15, 0.2) is 12.1 Å². The molecule has 3 aliphatic rings. The zero-order valence-corrected chi connectivity index (χ0v) is 17.1. The van der Waals surface area contributed by atoms with Crippen molar-refractivity contribution in [2.24, 2.45) is 11.8 Å². The molecule has 7 nitrogen and oxygen atoms in total. The Bertz CT molecular complexity index is 902. The molecule has 2 fully saturated rings. The Morgan fingerprint density at radius 3 is 2.57 bits per heavy atom. The number of anilines is 1. The van der Waals surface area contributed by atoms with Crippen molar-refractivity contribution in [3.8, 4) is 0 Å². The second kappa shape index (κ2) is 6.27. The Morgan fingerprint density at radius 2 is 1.96 bits per heavy atom. The molecule has 4 rings (SSSR count). The second-order valence-electron chi connectivity index (χ2n) is 8.28. The highest BCUT2D eigenvalue weighted by Crippen LogP contribution is 2.51. The molecule has 6 atom stereocenters. The lowest BCUT2D eigenvalue weighted by atomic mass is 9.76. The largest absolute Gasteiger partial charge is 0.387 e. The fourth-order valence-corrected chi connectivity index (χ4v) is 5.48. The van der Waals surface area contributed by atoms with Crippen molar-refractivity contribution in [2.75, 3.05) is 5.32 Å². The summed E-state index contributed by atoms with van der Waals surface area (Å²) in [4.78, 5) is 41.2. The third-order valence-corrected chi connectivity index (χ3v) is 6.93. The number of carbonyl (C=O) groups excluding carboxylic acids is 3. The number of imide groups is 1. The van der Waals surface area contributed by atoms with Gasteiger partial charge in [-0.25, -0.2) is 0 Å². The molecular formula is C20H25ClN3O4+. The smallest absolute Gasteiger partial charge is 0.291 e. The Kier molecular flexibility index (Phi) is 4.34. The summed E-state index contributed by atoms with van der Waals surface area (Å²) in [5.74, 6) is -2.63. The van der Waals surface area contributed by atoms with Crippen LogP contribution in [-0.4, -0.2) is 45.9 Å². The van der Waals surface area contributed by atoms with Crippen molar-refractivity contribution < 1.29 is 24.8 Å². The molecule has 0 radical (unpaired) electrons. The molecule has 0 aromatic heterocycles. The van der Waals surface area contributed by atoms with E-state index in [0.29, 0.717) is 22.7 Å². The fourth-order valence-electron chi connectivity index (χ4n) is 5.16. The van der Waals surface area contributed by atoms with Gasteiger partial charge in [0.2, 0.25) is 17.4 Å². The van der Waals surface area contributed by atoms with Gasteiger partial charge in [0.15, 0.2) is 0 Å². The minimum atomic E-state index is -1.30. The standard InChI is InChI=1S/C20H24ClN3O4/c1-5-9(3)24-17(26)13-14(18(24)27)20(23-15(13)10(4)25)11-6-8(2)7-12(21)16(11)22-19(20)28/h6-7,9-10,13-15,23,25H,5H2,1-4H3,(H,22,28)/p+1/t9-,10-,13+,14+,15-,20+/m1/s1. The van der Waals surface area contributed by atoms with Gasteiger partial charge in [0.25, 0.3) is 5.91 Å². The molecule has 8 heteroatoms. The number of rotatable bonds is 3. The lowest BCUT2D eigenvalue weighted by molar-refractivity contribution is -0.738. The summed E-state index contributed by atoms with van der Waals surface area (Å²) in [6.45, 7) is 7.20. The van der Waals surface area contributed by atoms with Gasteiger partial charge in [-0.15, -0.1) is 0 Å². The number of fused-ring (bicyclic) bond motifs is 4. The number of benzene rings is 1. The quantitative estimate of drug-likeness (QED) is 0.637. The van der Waals surface area contributed by atoms with Gasteiger partial charge in [-0.2, -0.15) is 0 Å². The van der Waals surface area contributed by atoms with Crippen molar-refractivity contribution in [1.29, 1.82) is 0 Å². The summed E-state index contributed by atoms with van der Waals surface area (Å²) >= 11 is 6.37. The van der Waals surface area contributed by atoms with Gasteiger partial charge in [0.1, 0.15) is 24.0 Å². The van der Waals surface area contributed by atoms with Crippen LogP contribution in [0, 0.1) is 18.8 Å². The summed E-state index contributed by atoms with van der Waals surface area (Å²) < 4.78 is 0. The first kappa shape index (κ1) is 19.4. The average molecular weight is 407 g/mol. The molecule has 4 N–H and O–H groups in total. The van der Waals surface area contributed by atoms with Gasteiger partial charge in [-0.05, 0) is 44.9 Å². The van der Waals surface area contributed by atoms with E-state index in [1.165, 1.54) is 4.90 Å². The van der Waals surface area contributed by atoms with Crippen LogP contribution < -0.4 is 10.6 Å². The maximum absolute atomic E-state index is 13.4. The molecule has 3 heterocycles. The van der Waals surface area contributed by atoms with E-state index in [1.54, 1.807) is 18.3 Å². The number of quaternary nitrogens is 1. The number of nitrogens with one attached hydrogen (secondary N) is 1. The predicted molar refractivity (Wildman–Crippen MR) is 102 cm³/mol. The first-order valence-electron chi connectivity index (χ1n) is 9.68. The fraction of sp³-hybridized carbons (Fsp3) is 0.550. The van der Waals surface area contributed by atoms with E-state index in [-0.39, 0.29) is 23.8 Å². The van der Waals surface area contributed by atoms with Gasteiger partial charge in [-0.1, -0.05) is 18.5 Å². The Hall–Kier alpha value is -1.96. The van der Waals surface area contributed by atoms with Crippen molar-refractivity contribution in [1.82, 2.24) is 4.90 Å². The number of nitrogens with two attached hydrogens (primary N) is 1. The van der Waals surface area contributed by atoms with E-state index in [0.717, 1.165) is 5.56 Å². The lowest BCUT2D eigenvalue weighted by Gasteiger charge is -2.29. The van der Waals surface area contributed by atoms with E-state index in [2.05, 4.69) is 5.32 Å². The first-order valence-corrected chi connectivity index (χ1v) is 10.1. The number of halogens is 1. The zero-order chi connectivity index (χ0) is 20.5. The van der Waals surface area contributed by atoms with Crippen LogP contribution in [0.25, 0.3) is 0 Å². The molecule has 1 spiro atoms. The number of amides is 3. The summed E-state index contributed by atoms with van der Waals surface area (Å²) in [5, 5.41) is 15.3. The molecule has 1 aromatic rings. The number of hydrogen-bond donors (Lipinski definition) is 3. The normalized spacial score (nSPS) is 33.3. The monoisotopic (exact) mass is 406 g/mol. The van der Waals surface area contributed by atoms with Crippen molar-refractivity contribution in [2.45, 2.75) is 57.8 Å². The van der Waals surface area contributed by atoms with Crippen molar-refractivity contribution in [3.05, 3.63) is 28.3 Å². The van der Waals surface area contributed by atoms with Crippen LogP contribution in [-0.2, 0) is 19.9 Å². The molecule has 3 aliphatic heterocycles. The van der Waals surface area contributed by atoms with Gasteiger partial charge < -0.3 is 15.7 Å². The van der Waals surface area contributed by atoms with Crippen molar-refractivity contribution in [3.63, 3.8) is 0 Å². The van der Waals surface area contributed by atoms with Crippen LogP contribution in [0.1, 0.15) is 38.3 Å². The third kappa shape index (κ3) is 2.27. The summed E-state index contributed by atoms with van der Waals surface area (Å²) in [5.41, 5.74) is 0.667. The van der Waals surface area contributed by atoms with Gasteiger partial charge in [0.05, 0.1) is 10.7 Å². The molecule has 0 aliphatic carbocycles. The van der Waals surface area contributed by atoms with E-state index < -0.39 is 29.5 Å². The highest BCUT2D eigenvalue weighted by molar-refractivity contribution is 6.35. The number of aliphatic hydroxyl groups excluding tert-OH is 1. The first-order chi connectivity index (χ1) is 13.1. The maximum atomic E-state index is 13.4. The molecule has 0 bridgehead atoms. The second-order valence-corrected chi connectivity index (χ2v) is 8.69. The predicted octanol–water partition coefficient (Wildman–Crippen LogP) is 0.522. The van der Waals surface area contributed by atoms with E-state index in [4.69, 9.17) is 11.6 Å². The number of nitrogens with zero attached hydrogens (tertiary/aromatic N) is 1. The lowest BCUT2D eigenvalue weighted by Crippen LogP contribution is -3.00. The van der Waals surface area contributed by atoms with E-state index >= 15 is 0 Å². The van der Waals surface area contributed by atoms with Crippen LogP contribution in [0.3, 0.4) is 0 Å².